The van der Waals surface area contributed by atoms with Gasteiger partial charge in [-0.15, -0.1) is 4.52 Å². The highest BCUT2D eigenvalue weighted by Gasteiger charge is 1.76. The van der Waals surface area contributed by atoms with Crippen molar-refractivity contribution in [2.45, 2.75) is 6.92 Å². The van der Waals surface area contributed by atoms with E-state index in [9.17, 15) is 4.57 Å². The van der Waals surface area contributed by atoms with E-state index in [-0.39, 0.29) is 0 Å². The van der Waals surface area contributed by atoms with E-state index in [0.717, 1.165) is 0 Å². The largest absolute Gasteiger partial charge is 0.494 e. The Balaban J connectivity index is 0. The summed E-state index contributed by atoms with van der Waals surface area (Å²) in [6, 6.07) is 0. The first-order chi connectivity index (χ1) is 4.33. The average Bonchev–Trinajstić information content (AvgIpc) is 1.91. The Morgan fingerprint density at radius 2 is 1.78 bits per heavy atom. The summed E-state index contributed by atoms with van der Waals surface area (Å²) in [5, 5.41) is 0. The van der Waals surface area contributed by atoms with Crippen LogP contribution in [0.1, 0.15) is 6.92 Å². The summed E-state index contributed by atoms with van der Waals surface area (Å²) in [5.41, 5.74) is 0. The van der Waals surface area contributed by atoms with Crippen molar-refractivity contribution in [3.63, 3.8) is 0 Å². The molecule has 2 atom stereocenters. The van der Waals surface area contributed by atoms with Crippen molar-refractivity contribution in [1.29, 1.82) is 0 Å². The van der Waals surface area contributed by atoms with Crippen LogP contribution in [0.15, 0.2) is 0 Å². The zero-order chi connectivity index (χ0) is 7.54. The molecule has 0 saturated carbocycles. The maximum Gasteiger partial charge on any atom is 0.494 e. The number of hydrogen-bond donors (Lipinski definition) is 0. The van der Waals surface area contributed by atoms with Crippen LogP contribution in [0.3, 0.4) is 0 Å². The summed E-state index contributed by atoms with van der Waals surface area (Å²) in [7, 11) is 0.179. The first kappa shape index (κ1) is 11.9. The normalized spacial score (nSPS) is 8.67. The lowest BCUT2D eigenvalue weighted by Crippen LogP contribution is -1.65. The lowest BCUT2D eigenvalue weighted by molar-refractivity contribution is 0.365. The minimum Gasteiger partial charge on any atom is -0.151 e. The van der Waals surface area contributed by atoms with Gasteiger partial charge in [-0.05, 0) is 16.1 Å². The Morgan fingerprint density at radius 3 is 1.78 bits per heavy atom. The zero-order valence-electron chi connectivity index (χ0n) is 5.34. The molecule has 0 heterocycles. The molecule has 0 N–H and O–H groups in total. The van der Waals surface area contributed by atoms with Crippen LogP contribution < -0.4 is 0 Å². The third-order valence-electron chi connectivity index (χ3n) is 0.287. The van der Waals surface area contributed by atoms with Gasteiger partial charge in [-0.3, -0.25) is 0 Å². The third kappa shape index (κ3) is 31.2. The van der Waals surface area contributed by atoms with Gasteiger partial charge in [0.1, 0.15) is 0 Å². The number of hydrogen-bond acceptors (Lipinski definition) is 4. The van der Waals surface area contributed by atoms with Crippen molar-refractivity contribution in [3.8, 4) is 0 Å². The van der Waals surface area contributed by atoms with Crippen molar-refractivity contribution < 1.29 is 18.2 Å². The Kier molecular flexibility index (Phi) is 20.7. The van der Waals surface area contributed by atoms with Gasteiger partial charge >= 0.3 is 17.4 Å². The lowest BCUT2D eigenvalue weighted by atomic mass is 10.9. The fourth-order valence-corrected chi connectivity index (χ4v) is 0.177. The highest BCUT2D eigenvalue weighted by Crippen LogP contribution is 1.89. The van der Waals surface area contributed by atoms with E-state index in [1.807, 2.05) is 0 Å². The fraction of sp³-hybridized carbons (Fsp3) is 1.00. The molecule has 6 heteroatoms. The summed E-state index contributed by atoms with van der Waals surface area (Å²) in [6.45, 7) is 2.34. The van der Waals surface area contributed by atoms with E-state index in [1.165, 1.54) is 7.11 Å². The van der Waals surface area contributed by atoms with Crippen LogP contribution in [-0.2, 0) is 18.2 Å². The molecule has 2 unspecified atom stereocenters. The molecule has 0 spiro atoms. The molecule has 0 saturated heterocycles. The van der Waals surface area contributed by atoms with Gasteiger partial charge in [0.25, 0.3) is 0 Å². The Labute approximate surface area is 57.1 Å². The summed E-state index contributed by atoms with van der Waals surface area (Å²) in [4.78, 5) is 0. The topological polar surface area (TPSA) is 52.6 Å². The van der Waals surface area contributed by atoms with Gasteiger partial charge in [-0.2, -0.15) is 4.52 Å². The molecular weight excluding hydrogens is 162 g/mol. The van der Waals surface area contributed by atoms with E-state index in [4.69, 9.17) is 4.57 Å². The first-order valence-electron chi connectivity index (χ1n) is 2.22. The van der Waals surface area contributed by atoms with E-state index in [2.05, 4.69) is 9.05 Å². The Bertz CT molecular complexity index is 66.8. The SMILES string of the molecule is CCO[PH+]=O.CO[PH+]=O. The molecule has 0 aromatic rings. The molecule has 4 nitrogen and oxygen atoms in total. The minimum atomic E-state index is -0.610. The Morgan fingerprint density at radius 1 is 1.33 bits per heavy atom. The van der Waals surface area contributed by atoms with Crippen LogP contribution in [0.2, 0.25) is 0 Å². The summed E-state index contributed by atoms with van der Waals surface area (Å²) >= 11 is 0. The van der Waals surface area contributed by atoms with Crippen LogP contribution in [0.4, 0.5) is 0 Å². The zero-order valence-corrected chi connectivity index (χ0v) is 7.34. The van der Waals surface area contributed by atoms with Crippen LogP contribution in [0, 0.1) is 0 Å². The average molecular weight is 172 g/mol. The van der Waals surface area contributed by atoms with Gasteiger partial charge in [0.05, 0.1) is 13.7 Å². The molecule has 0 radical (unpaired) electrons. The fourth-order valence-electron chi connectivity index (χ4n) is 0.0589. The van der Waals surface area contributed by atoms with Gasteiger partial charge in [-0.25, -0.2) is 0 Å². The summed E-state index contributed by atoms with van der Waals surface area (Å²) in [6.07, 6.45) is 0. The molecule has 0 aliphatic carbocycles. The van der Waals surface area contributed by atoms with Gasteiger partial charge < -0.3 is 0 Å². The standard InChI is InChI=1S/C2H6O2P.CH4O2P/c1-2-4-5-3;1-3-4-2/h5H,2H2,1H3;4H,1H3/q2*+1. The van der Waals surface area contributed by atoms with Crippen LogP contribution in [0.25, 0.3) is 0 Å². The molecule has 54 valence electrons. The second-order valence-corrected chi connectivity index (χ2v) is 1.83. The second-order valence-electron chi connectivity index (χ2n) is 0.804. The van der Waals surface area contributed by atoms with Gasteiger partial charge in [0.15, 0.2) is 0 Å². The maximum absolute atomic E-state index is 9.34. The van der Waals surface area contributed by atoms with E-state index >= 15 is 0 Å². The molecule has 9 heavy (non-hydrogen) atoms. The predicted molar refractivity (Wildman–Crippen MR) is 36.6 cm³/mol. The molecule has 0 aromatic carbocycles. The summed E-state index contributed by atoms with van der Waals surface area (Å²) in [5.74, 6) is 0. The van der Waals surface area contributed by atoms with Crippen LogP contribution in [-0.4, -0.2) is 13.7 Å². The van der Waals surface area contributed by atoms with Gasteiger partial charge in [0.2, 0.25) is 0 Å². The monoisotopic (exact) mass is 172 g/mol. The van der Waals surface area contributed by atoms with Crippen molar-refractivity contribution in [3.05, 3.63) is 0 Å². The highest BCUT2D eigenvalue weighted by molar-refractivity contribution is 7.17. The smallest absolute Gasteiger partial charge is 0.151 e. The molecule has 0 fully saturated rings. The van der Waals surface area contributed by atoms with E-state index in [0.29, 0.717) is 6.61 Å². The maximum atomic E-state index is 9.34. The van der Waals surface area contributed by atoms with Gasteiger partial charge in [-0.1, -0.05) is 0 Å². The van der Waals surface area contributed by atoms with Crippen molar-refractivity contribution in [2.75, 3.05) is 13.7 Å². The quantitative estimate of drug-likeness (QED) is 0.605. The molecule has 0 aliphatic heterocycles. The first-order valence-corrected chi connectivity index (χ1v) is 3.85. The molecule has 0 amide bonds. The van der Waals surface area contributed by atoms with Crippen molar-refractivity contribution in [2.24, 2.45) is 0 Å². The van der Waals surface area contributed by atoms with Crippen molar-refractivity contribution >= 4 is 17.4 Å². The number of rotatable bonds is 3. The Hall–Kier alpha value is 0.120. The second kappa shape index (κ2) is 15.7. The van der Waals surface area contributed by atoms with E-state index in [1.54, 1.807) is 6.92 Å². The van der Waals surface area contributed by atoms with E-state index < -0.39 is 17.4 Å². The minimum absolute atomic E-state index is 0.544. The lowest BCUT2D eigenvalue weighted by Gasteiger charge is -1.62. The van der Waals surface area contributed by atoms with Gasteiger partial charge in [0, 0.05) is 0 Å². The third-order valence-corrected chi connectivity index (χ3v) is 0.860. The molecule has 0 bridgehead atoms. The molecule has 0 aliphatic rings. The summed E-state index contributed by atoms with van der Waals surface area (Å²) < 4.78 is 26.8. The molecule has 0 aromatic heterocycles. The predicted octanol–water partition coefficient (Wildman–Crippen LogP) is 1.53. The molecule has 0 rings (SSSR count). The highest BCUT2D eigenvalue weighted by atomic mass is 31.1. The van der Waals surface area contributed by atoms with Crippen molar-refractivity contribution in [1.82, 2.24) is 0 Å². The van der Waals surface area contributed by atoms with Crippen LogP contribution >= 0.6 is 17.4 Å². The van der Waals surface area contributed by atoms with Crippen LogP contribution in [0.5, 0.6) is 0 Å². The molecular formula is C3H10O4P2+2.